The predicted molar refractivity (Wildman–Crippen MR) is 248 cm³/mol. The van der Waals surface area contributed by atoms with E-state index in [0.29, 0.717) is 0 Å². The lowest BCUT2D eigenvalue weighted by molar-refractivity contribution is 0.332. The number of hydrogen-bond donors (Lipinski definition) is 0. The van der Waals surface area contributed by atoms with Gasteiger partial charge in [-0.15, -0.1) is 0 Å². The summed E-state index contributed by atoms with van der Waals surface area (Å²) in [6, 6.07) is 60.1. The minimum absolute atomic E-state index is 0.0476. The van der Waals surface area contributed by atoms with Crippen LogP contribution < -0.4 is 15.7 Å². The Balaban J connectivity index is 1.24. The SMILES string of the molecule is Cc1cc2c3c(c1)-n1c4ccc(-c5ccccc5)cc4c4cc(-c5ccccc5)cc(c41)B3N(c1ccc3c(c1)C(C)(C)CCC3(C)C)c1ccc3ccccc3c1-2. The van der Waals surface area contributed by atoms with Crippen LogP contribution in [0.25, 0.3) is 71.6 Å². The average Bonchev–Trinajstić information content (AvgIpc) is 3.58. The summed E-state index contributed by atoms with van der Waals surface area (Å²) in [7, 11) is 0. The van der Waals surface area contributed by atoms with Crippen molar-refractivity contribution in [3.8, 4) is 39.1 Å². The molecule has 0 bridgehead atoms. The monoisotopic (exact) mass is 744 g/mol. The number of anilines is 2. The van der Waals surface area contributed by atoms with Gasteiger partial charge in [-0.05, 0) is 139 Å². The van der Waals surface area contributed by atoms with E-state index < -0.39 is 0 Å². The number of fused-ring (bicyclic) bond motifs is 10. The Morgan fingerprint density at radius 3 is 1.98 bits per heavy atom. The van der Waals surface area contributed by atoms with Gasteiger partial charge in [0.25, 0.3) is 0 Å². The molecule has 2 nitrogen and oxygen atoms in total. The van der Waals surface area contributed by atoms with E-state index >= 15 is 0 Å². The third-order valence-corrected chi connectivity index (χ3v) is 14.0. The van der Waals surface area contributed by atoms with E-state index in [1.807, 2.05) is 0 Å². The Kier molecular flexibility index (Phi) is 6.91. The second-order valence-electron chi connectivity index (χ2n) is 18.5. The molecule has 12 rings (SSSR count). The van der Waals surface area contributed by atoms with Crippen molar-refractivity contribution < 1.29 is 0 Å². The lowest BCUT2D eigenvalue weighted by atomic mass is 9.43. The highest BCUT2D eigenvalue weighted by Gasteiger charge is 2.45. The van der Waals surface area contributed by atoms with Crippen molar-refractivity contribution in [1.29, 1.82) is 0 Å². The maximum atomic E-state index is 2.72. The largest absolute Gasteiger partial charge is 0.376 e. The van der Waals surface area contributed by atoms with Crippen molar-refractivity contribution >= 4 is 61.7 Å². The quantitative estimate of drug-likeness (QED) is 0.164. The molecule has 278 valence electrons. The number of aromatic nitrogens is 1. The molecule has 0 unspecified atom stereocenters. The van der Waals surface area contributed by atoms with E-state index in [9.17, 15) is 0 Å². The van der Waals surface area contributed by atoms with Gasteiger partial charge in [-0.1, -0.05) is 143 Å². The van der Waals surface area contributed by atoms with E-state index in [1.165, 1.54) is 123 Å². The van der Waals surface area contributed by atoms with Crippen LogP contribution in [0.3, 0.4) is 0 Å². The zero-order valence-corrected chi connectivity index (χ0v) is 33.9. The fourth-order valence-corrected chi connectivity index (χ4v) is 11.0. The Labute approximate surface area is 341 Å². The molecule has 8 aromatic carbocycles. The lowest BCUT2D eigenvalue weighted by Crippen LogP contribution is -2.60. The van der Waals surface area contributed by atoms with Gasteiger partial charge < -0.3 is 9.38 Å². The van der Waals surface area contributed by atoms with E-state index in [1.54, 1.807) is 0 Å². The molecule has 58 heavy (non-hydrogen) atoms. The van der Waals surface area contributed by atoms with E-state index in [0.717, 1.165) is 0 Å². The number of aryl methyl sites for hydroxylation is 1. The van der Waals surface area contributed by atoms with Crippen molar-refractivity contribution in [3.05, 3.63) is 174 Å². The highest BCUT2D eigenvalue weighted by molar-refractivity contribution is 6.93. The first-order valence-corrected chi connectivity index (χ1v) is 21.0. The highest BCUT2D eigenvalue weighted by atomic mass is 15.1. The van der Waals surface area contributed by atoms with Crippen LogP contribution >= 0.6 is 0 Å². The fraction of sp³-hybridized carbons (Fsp3) is 0.164. The molecule has 0 radical (unpaired) electrons. The van der Waals surface area contributed by atoms with Crippen molar-refractivity contribution in [2.24, 2.45) is 0 Å². The van der Waals surface area contributed by atoms with Gasteiger partial charge in [0.15, 0.2) is 0 Å². The molecule has 0 saturated heterocycles. The molecule has 1 aromatic heterocycles. The lowest BCUT2D eigenvalue weighted by Gasteiger charge is -2.45. The number of nitrogens with zero attached hydrogens (tertiary/aromatic N) is 2. The van der Waals surface area contributed by atoms with Crippen molar-refractivity contribution in [3.63, 3.8) is 0 Å². The Morgan fingerprint density at radius 2 is 1.21 bits per heavy atom. The standard InChI is InChI=1S/C55H45BN2/c1-34-28-44-51-41-19-13-12-18-37(41)20-25-49(51)58(40-22-23-45-46(33-40)55(4,5)27-26-54(45,2)3)56-47-32-39(36-16-10-7-11-17-36)31-43-42-30-38(35-14-8-6-9-15-35)21-24-48(42)57(53(43)47)50(29-34)52(44)56/h6-25,28-33H,26-27H2,1-5H3. The normalized spacial score (nSPS) is 15.7. The summed E-state index contributed by atoms with van der Waals surface area (Å²) in [6.07, 6.45) is 2.38. The van der Waals surface area contributed by atoms with Crippen LogP contribution in [0, 0.1) is 6.92 Å². The van der Waals surface area contributed by atoms with Gasteiger partial charge in [0.2, 0.25) is 0 Å². The van der Waals surface area contributed by atoms with E-state index in [-0.39, 0.29) is 17.7 Å². The smallest absolute Gasteiger partial charge is 0.333 e. The first-order valence-electron chi connectivity index (χ1n) is 21.0. The maximum absolute atomic E-state index is 2.72. The summed E-state index contributed by atoms with van der Waals surface area (Å²) >= 11 is 0. The summed E-state index contributed by atoms with van der Waals surface area (Å²) in [5.74, 6) is 0. The average molecular weight is 745 g/mol. The van der Waals surface area contributed by atoms with Crippen LogP contribution in [0.1, 0.15) is 57.2 Å². The summed E-state index contributed by atoms with van der Waals surface area (Å²) in [6.45, 7) is 12.0. The molecule has 3 heteroatoms. The number of rotatable bonds is 3. The molecule has 9 aromatic rings. The second-order valence-corrected chi connectivity index (χ2v) is 18.5. The van der Waals surface area contributed by atoms with Crippen LogP contribution in [-0.2, 0) is 10.8 Å². The third-order valence-electron chi connectivity index (χ3n) is 14.0. The van der Waals surface area contributed by atoms with Gasteiger partial charge in [-0.3, -0.25) is 0 Å². The summed E-state index contributed by atoms with van der Waals surface area (Å²) in [5, 5.41) is 5.16. The van der Waals surface area contributed by atoms with Crippen molar-refractivity contribution in [1.82, 2.24) is 4.57 Å². The van der Waals surface area contributed by atoms with Crippen LogP contribution in [0.5, 0.6) is 0 Å². The Hall–Kier alpha value is -6.32. The third kappa shape index (κ3) is 4.68. The molecule has 0 saturated carbocycles. The first-order chi connectivity index (χ1) is 28.2. The second kappa shape index (κ2) is 11.9. The van der Waals surface area contributed by atoms with Crippen LogP contribution in [0.4, 0.5) is 11.4 Å². The minimum Gasteiger partial charge on any atom is -0.376 e. The fourth-order valence-electron chi connectivity index (χ4n) is 11.0. The van der Waals surface area contributed by atoms with Gasteiger partial charge >= 0.3 is 6.85 Å². The van der Waals surface area contributed by atoms with Crippen molar-refractivity contribution in [2.45, 2.75) is 58.3 Å². The van der Waals surface area contributed by atoms with E-state index in [4.69, 9.17) is 0 Å². The van der Waals surface area contributed by atoms with Gasteiger partial charge in [0, 0.05) is 33.4 Å². The maximum Gasteiger partial charge on any atom is 0.333 e. The van der Waals surface area contributed by atoms with Crippen LogP contribution in [-0.4, -0.2) is 11.4 Å². The molecule has 3 heterocycles. The number of benzene rings is 8. The predicted octanol–water partition coefficient (Wildman–Crippen LogP) is 13.2. The van der Waals surface area contributed by atoms with Crippen molar-refractivity contribution in [2.75, 3.05) is 4.81 Å². The molecular weight excluding hydrogens is 699 g/mol. The first kappa shape index (κ1) is 33.8. The van der Waals surface area contributed by atoms with Crippen LogP contribution in [0.2, 0.25) is 0 Å². The highest BCUT2D eigenvalue weighted by Crippen LogP contribution is 2.51. The molecule has 3 aliphatic rings. The molecule has 2 aliphatic heterocycles. The molecule has 1 aliphatic carbocycles. The zero-order valence-electron chi connectivity index (χ0n) is 33.9. The number of hydrogen-bond acceptors (Lipinski definition) is 1. The van der Waals surface area contributed by atoms with Gasteiger partial charge in [0.05, 0.1) is 11.0 Å². The summed E-state index contributed by atoms with van der Waals surface area (Å²) in [5.41, 5.74) is 21.2. The van der Waals surface area contributed by atoms with Crippen LogP contribution in [0.15, 0.2) is 158 Å². The van der Waals surface area contributed by atoms with Gasteiger partial charge in [-0.2, -0.15) is 0 Å². The molecule has 0 amide bonds. The zero-order chi connectivity index (χ0) is 39.1. The Morgan fingerprint density at radius 1 is 0.517 bits per heavy atom. The summed E-state index contributed by atoms with van der Waals surface area (Å²) in [4.78, 5) is 2.72. The van der Waals surface area contributed by atoms with Gasteiger partial charge in [-0.25, -0.2) is 0 Å². The Bertz CT molecular complexity index is 3190. The molecule has 0 atom stereocenters. The molecule has 0 fully saturated rings. The van der Waals surface area contributed by atoms with E-state index in [2.05, 4.69) is 202 Å². The molecule has 0 spiro atoms. The molecular formula is C55H45BN2. The van der Waals surface area contributed by atoms with Gasteiger partial charge in [0.1, 0.15) is 0 Å². The minimum atomic E-state index is -0.0476. The topological polar surface area (TPSA) is 8.17 Å². The molecule has 0 N–H and O–H groups in total. The summed E-state index contributed by atoms with van der Waals surface area (Å²) < 4.78 is 2.61.